The Hall–Kier alpha value is -5.11. The lowest BCUT2D eigenvalue weighted by Crippen LogP contribution is -2.70. The van der Waals surface area contributed by atoms with Gasteiger partial charge in [-0.3, -0.25) is 4.90 Å². The third-order valence-electron chi connectivity index (χ3n) is 12.9. The summed E-state index contributed by atoms with van der Waals surface area (Å²) in [5.74, 6) is 0.347. The van der Waals surface area contributed by atoms with Crippen LogP contribution < -0.4 is 9.47 Å². The number of carbonyl (C=O) groups excluding carboxylic acids is 1. The molecule has 1 saturated carbocycles. The highest BCUT2D eigenvalue weighted by Gasteiger charge is 2.65. The van der Waals surface area contributed by atoms with Crippen molar-refractivity contribution in [3.8, 4) is 11.5 Å². The third kappa shape index (κ3) is 12.9. The molecule has 7 rings (SSSR count). The number of hydrogen-bond donors (Lipinski definition) is 2. The van der Waals surface area contributed by atoms with Gasteiger partial charge in [0, 0.05) is 48.3 Å². The molecule has 0 bridgehead atoms. The molecule has 2 N–H and O–H groups in total. The lowest BCUT2D eigenvalue weighted by molar-refractivity contribution is -0.255. The van der Waals surface area contributed by atoms with Gasteiger partial charge in [0.15, 0.2) is 0 Å². The first-order valence-electron chi connectivity index (χ1n) is 24.1. The Morgan fingerprint density at radius 2 is 1.58 bits per heavy atom. The number of thioether (sulfide) groups is 1. The second-order valence-electron chi connectivity index (χ2n) is 17.4. The maximum Gasteiger partial charge on any atom is 0.410 e. The monoisotopic (exact) mass is 932 g/mol. The number of allylic oxidation sites excluding steroid dienone is 1. The van der Waals surface area contributed by atoms with Gasteiger partial charge in [0.2, 0.25) is 5.79 Å². The number of hydrogen-bond acceptors (Lipinski definition) is 11. The summed E-state index contributed by atoms with van der Waals surface area (Å²) in [5, 5.41) is 25.0. The Bertz CT molecular complexity index is 2190. The van der Waals surface area contributed by atoms with E-state index in [0.717, 1.165) is 65.2 Å². The first-order valence-corrected chi connectivity index (χ1v) is 25.1. The summed E-state index contributed by atoms with van der Waals surface area (Å²) in [6, 6.07) is 35.6. The molecule has 12 heteroatoms. The molecule has 2 aliphatic carbocycles. The normalized spacial score (nSPS) is 22.2. The molecule has 3 aliphatic rings. The molecule has 0 spiro atoms. The topological polar surface area (TPSA) is 129 Å². The number of ether oxygens (including phenoxy) is 5. The van der Waals surface area contributed by atoms with Crippen LogP contribution in [0.5, 0.6) is 11.5 Å². The lowest BCUT2D eigenvalue weighted by Gasteiger charge is -2.59. The number of unbranched alkanes of at least 4 members (excludes halogenated alkanes) is 2. The largest absolute Gasteiger partial charge is 0.493 e. The van der Waals surface area contributed by atoms with Gasteiger partial charge < -0.3 is 38.7 Å². The van der Waals surface area contributed by atoms with Gasteiger partial charge >= 0.3 is 6.09 Å². The highest BCUT2D eigenvalue weighted by Crippen LogP contribution is 2.62. The fraction of sp³-hybridized carbons (Fsp3) is 0.455. The molecule has 11 nitrogen and oxygen atoms in total. The van der Waals surface area contributed by atoms with E-state index in [1.165, 1.54) is 4.90 Å². The van der Waals surface area contributed by atoms with Crippen molar-refractivity contribution in [1.29, 1.82) is 0 Å². The van der Waals surface area contributed by atoms with Gasteiger partial charge in [0.05, 0.1) is 38.1 Å². The summed E-state index contributed by atoms with van der Waals surface area (Å²) < 4.78 is 33.0. The van der Waals surface area contributed by atoms with Gasteiger partial charge in [-0.25, -0.2) is 4.79 Å². The van der Waals surface area contributed by atoms with Crippen molar-refractivity contribution >= 4 is 23.6 Å². The minimum absolute atomic E-state index is 0.0657. The number of amides is 1. The first-order chi connectivity index (χ1) is 33.0. The second-order valence-corrected chi connectivity index (χ2v) is 18.6. The van der Waals surface area contributed by atoms with Crippen LogP contribution in [0.1, 0.15) is 80.9 Å². The second kappa shape index (κ2) is 25.9. The van der Waals surface area contributed by atoms with E-state index >= 15 is 0 Å². The zero-order chi connectivity index (χ0) is 46.7. The molecular formula is C55H68N2O9S. The van der Waals surface area contributed by atoms with Gasteiger partial charge in [0.1, 0.15) is 30.8 Å². The molecule has 4 aromatic carbocycles. The van der Waals surface area contributed by atoms with E-state index in [-0.39, 0.29) is 63.8 Å². The van der Waals surface area contributed by atoms with Crippen LogP contribution in [0.3, 0.4) is 0 Å². The van der Waals surface area contributed by atoms with Gasteiger partial charge in [-0.05, 0) is 91.0 Å². The first kappa shape index (κ1) is 49.8. The number of carbonyl (C=O) groups is 1. The smallest absolute Gasteiger partial charge is 0.410 e. The predicted molar refractivity (Wildman–Crippen MR) is 263 cm³/mol. The summed E-state index contributed by atoms with van der Waals surface area (Å²) in [7, 11) is 0. The van der Waals surface area contributed by atoms with E-state index in [0.29, 0.717) is 44.8 Å². The molecule has 4 aromatic rings. The molecule has 0 saturated heterocycles. The van der Waals surface area contributed by atoms with Gasteiger partial charge in [-0.1, -0.05) is 116 Å². The van der Waals surface area contributed by atoms with Crippen molar-refractivity contribution in [1.82, 2.24) is 4.90 Å². The number of nitrogens with zero attached hydrogens (tertiary/aromatic N) is 2. The Kier molecular flexibility index (Phi) is 19.2. The summed E-state index contributed by atoms with van der Waals surface area (Å²) in [5.41, 5.74) is 4.74. The number of aliphatic hydroxyl groups excluding tert-OH is 2. The quantitative estimate of drug-likeness (QED) is 0.0258. The third-order valence-corrected chi connectivity index (χ3v) is 13.9. The number of benzene rings is 4. The zero-order valence-corrected chi connectivity index (χ0v) is 39.7. The van der Waals surface area contributed by atoms with Crippen LogP contribution in [0.15, 0.2) is 144 Å². The number of rotatable bonds is 27. The van der Waals surface area contributed by atoms with Crippen LogP contribution >= 0.6 is 11.8 Å². The van der Waals surface area contributed by atoms with E-state index in [1.807, 2.05) is 97.9 Å². The Labute approximate surface area is 401 Å². The van der Waals surface area contributed by atoms with E-state index < -0.39 is 23.8 Å². The Morgan fingerprint density at radius 3 is 2.28 bits per heavy atom. The minimum atomic E-state index is -1.39. The number of oxime groups is 1. The number of aliphatic hydroxyl groups is 2. The van der Waals surface area contributed by atoms with E-state index in [1.54, 1.807) is 22.7 Å². The zero-order valence-electron chi connectivity index (χ0n) is 38.9. The van der Waals surface area contributed by atoms with Crippen molar-refractivity contribution in [2.75, 3.05) is 51.9 Å². The molecule has 358 valence electrons. The average molecular weight is 933 g/mol. The Balaban J connectivity index is 1.30. The molecular weight excluding hydrogens is 865 g/mol. The van der Waals surface area contributed by atoms with Crippen molar-refractivity contribution in [2.24, 2.45) is 22.9 Å². The summed E-state index contributed by atoms with van der Waals surface area (Å²) in [4.78, 5) is 23.8. The van der Waals surface area contributed by atoms with Crippen LogP contribution in [-0.2, 0) is 32.3 Å². The van der Waals surface area contributed by atoms with Crippen molar-refractivity contribution < 1.29 is 43.5 Å². The minimum Gasteiger partial charge on any atom is -0.493 e. The highest BCUT2D eigenvalue weighted by atomic mass is 32.2. The molecule has 1 amide bonds. The van der Waals surface area contributed by atoms with E-state index in [9.17, 15) is 15.0 Å². The average Bonchev–Trinajstić information content (AvgIpc) is 3.36. The van der Waals surface area contributed by atoms with Crippen molar-refractivity contribution in [2.45, 2.75) is 94.1 Å². The van der Waals surface area contributed by atoms with Gasteiger partial charge in [-0.2, -0.15) is 0 Å². The van der Waals surface area contributed by atoms with E-state index in [2.05, 4.69) is 30.9 Å². The maximum atomic E-state index is 14.6. The van der Waals surface area contributed by atoms with Crippen LogP contribution in [0.25, 0.3) is 0 Å². The summed E-state index contributed by atoms with van der Waals surface area (Å²) >= 11 is 1.75. The fourth-order valence-corrected chi connectivity index (χ4v) is 10.7. The van der Waals surface area contributed by atoms with Gasteiger partial charge in [0.25, 0.3) is 0 Å². The standard InChI is InChI=1S/C55H68N2O9S/c1-3-28-57(54(60)63-33-32-61-39-41-18-8-5-9-19-41)51-38-49(56-65-40-42-20-10-6-11-21-42)47-36-43(22-14-16-29-58)46(25-15-17-30-59)52-48-37-44(62-34-35-67-45-23-12-7-13-24-45)26-27-50(48)66-55(51,53(47)52)64-31-4-2/h4-13,18-21,23-24,26-27,36-37,43,46,51-53,58-59H,2-3,14-17,22,25,28-35,38-40H2,1H3. The molecule has 6 unspecified atom stereocenters. The predicted octanol–water partition coefficient (Wildman–Crippen LogP) is 10.8. The molecule has 1 aliphatic heterocycles. The summed E-state index contributed by atoms with van der Waals surface area (Å²) in [6.07, 6.45) is 9.22. The fourth-order valence-electron chi connectivity index (χ4n) is 9.98. The van der Waals surface area contributed by atoms with Crippen LogP contribution in [-0.4, -0.2) is 90.7 Å². The van der Waals surface area contributed by atoms with E-state index in [4.69, 9.17) is 33.7 Å². The molecule has 1 fully saturated rings. The van der Waals surface area contributed by atoms with Crippen LogP contribution in [0.2, 0.25) is 0 Å². The van der Waals surface area contributed by atoms with Crippen LogP contribution in [0, 0.1) is 17.8 Å². The van der Waals surface area contributed by atoms with Crippen molar-refractivity contribution in [3.05, 3.63) is 150 Å². The highest BCUT2D eigenvalue weighted by molar-refractivity contribution is 7.99. The molecule has 67 heavy (non-hydrogen) atoms. The molecule has 0 aromatic heterocycles. The number of fused-ring (bicyclic) bond motifs is 2. The van der Waals surface area contributed by atoms with Crippen molar-refractivity contribution in [3.63, 3.8) is 0 Å². The van der Waals surface area contributed by atoms with Crippen LogP contribution in [0.4, 0.5) is 4.79 Å². The Morgan fingerprint density at radius 1 is 0.881 bits per heavy atom. The van der Waals surface area contributed by atoms with Gasteiger partial charge in [-0.15, -0.1) is 18.3 Å². The SMILES string of the molecule is C=CCOC12Oc3ccc(OCCSc4ccccc4)cc3C3C(CCCCO)C(CCCCO)C=C(C(=NOCc4ccccc4)CC1N(CCC)C(=O)OCCOCc1ccccc1)C32. The molecule has 1 heterocycles. The maximum absolute atomic E-state index is 14.6. The lowest BCUT2D eigenvalue weighted by atomic mass is 9.55. The molecule has 0 radical (unpaired) electrons. The molecule has 6 atom stereocenters. The summed E-state index contributed by atoms with van der Waals surface area (Å²) in [6.45, 7) is 8.35.